The molecule has 4 aromatic rings. The monoisotopic (exact) mass is 474 g/mol. The minimum absolute atomic E-state index is 0.0693. The number of sulfonamides is 1. The van der Waals surface area contributed by atoms with Crippen molar-refractivity contribution in [2.45, 2.75) is 32.2 Å². The van der Waals surface area contributed by atoms with Gasteiger partial charge in [0.05, 0.1) is 22.6 Å². The molecule has 0 bridgehead atoms. The van der Waals surface area contributed by atoms with E-state index in [4.69, 9.17) is 0 Å². The van der Waals surface area contributed by atoms with E-state index in [-0.39, 0.29) is 22.9 Å². The number of amides is 1. The van der Waals surface area contributed by atoms with Crippen molar-refractivity contribution in [1.82, 2.24) is 14.9 Å². The van der Waals surface area contributed by atoms with Crippen molar-refractivity contribution in [2.75, 3.05) is 4.72 Å². The van der Waals surface area contributed by atoms with Crippen LogP contribution in [0, 0.1) is 20.8 Å². The Kier molecular flexibility index (Phi) is 6.51. The molecule has 0 unspecified atom stereocenters. The first-order valence-electron chi connectivity index (χ1n) is 10.8. The van der Waals surface area contributed by atoms with Gasteiger partial charge in [0.15, 0.2) is 0 Å². The Morgan fingerprint density at radius 3 is 2.53 bits per heavy atom. The molecule has 0 aliphatic carbocycles. The topological polar surface area (TPSA) is 93.1 Å². The molecule has 0 saturated heterocycles. The zero-order valence-electron chi connectivity index (χ0n) is 19.2. The lowest BCUT2D eigenvalue weighted by Crippen LogP contribution is -2.24. The molecular weight excluding hydrogens is 448 g/mol. The summed E-state index contributed by atoms with van der Waals surface area (Å²) >= 11 is 0. The minimum atomic E-state index is -3.88. The van der Waals surface area contributed by atoms with Crippen molar-refractivity contribution in [3.05, 3.63) is 107 Å². The average Bonchev–Trinajstić information content (AvgIpc) is 3.35. The number of para-hydroxylation sites is 1. The number of rotatable bonds is 7. The van der Waals surface area contributed by atoms with Crippen molar-refractivity contribution >= 4 is 21.6 Å². The van der Waals surface area contributed by atoms with Crippen LogP contribution in [0.2, 0.25) is 0 Å². The van der Waals surface area contributed by atoms with Crippen molar-refractivity contribution in [3.8, 4) is 5.69 Å². The number of carbonyl (C=O) groups excluding carboxylic acids is 1. The Hall–Kier alpha value is -3.91. The predicted octanol–water partition coefficient (Wildman–Crippen LogP) is 4.53. The van der Waals surface area contributed by atoms with Gasteiger partial charge >= 0.3 is 0 Å². The fraction of sp³-hybridized carbons (Fsp3) is 0.154. The van der Waals surface area contributed by atoms with Crippen LogP contribution in [-0.4, -0.2) is 23.9 Å². The van der Waals surface area contributed by atoms with E-state index in [0.717, 1.165) is 22.4 Å². The van der Waals surface area contributed by atoms with Crippen molar-refractivity contribution in [3.63, 3.8) is 0 Å². The minimum Gasteiger partial charge on any atom is -0.348 e. The Balaban J connectivity index is 1.55. The number of aryl methyl sites for hydroxylation is 2. The summed E-state index contributed by atoms with van der Waals surface area (Å²) in [4.78, 5) is 17.1. The highest BCUT2D eigenvalue weighted by Gasteiger charge is 2.20. The van der Waals surface area contributed by atoms with E-state index in [1.165, 1.54) is 6.07 Å². The molecule has 0 radical (unpaired) electrons. The van der Waals surface area contributed by atoms with Crippen molar-refractivity contribution in [2.24, 2.45) is 0 Å². The Morgan fingerprint density at radius 1 is 0.971 bits per heavy atom. The second kappa shape index (κ2) is 9.52. The number of benzene rings is 3. The highest BCUT2D eigenvalue weighted by molar-refractivity contribution is 7.92. The average molecular weight is 475 g/mol. The van der Waals surface area contributed by atoms with E-state index in [0.29, 0.717) is 11.3 Å². The van der Waals surface area contributed by atoms with E-state index in [9.17, 15) is 13.2 Å². The third kappa shape index (κ3) is 4.87. The van der Waals surface area contributed by atoms with Gasteiger partial charge in [-0.05, 0) is 67.3 Å². The summed E-state index contributed by atoms with van der Waals surface area (Å²) in [5.41, 5.74) is 5.00. The third-order valence-corrected chi connectivity index (χ3v) is 7.31. The molecule has 174 valence electrons. The quantitative estimate of drug-likeness (QED) is 0.412. The summed E-state index contributed by atoms with van der Waals surface area (Å²) in [5.74, 6) is -0.358. The van der Waals surface area contributed by atoms with Gasteiger partial charge in [0.25, 0.3) is 15.9 Å². The van der Waals surface area contributed by atoms with E-state index in [1.807, 2.05) is 54.9 Å². The van der Waals surface area contributed by atoms with Gasteiger partial charge in [0.2, 0.25) is 0 Å². The molecule has 4 rings (SSSR count). The largest absolute Gasteiger partial charge is 0.348 e. The number of hydrogen-bond acceptors (Lipinski definition) is 4. The van der Waals surface area contributed by atoms with E-state index in [1.54, 1.807) is 43.7 Å². The lowest BCUT2D eigenvalue weighted by Gasteiger charge is -2.15. The smallest absolute Gasteiger partial charge is 0.262 e. The third-order valence-electron chi connectivity index (χ3n) is 5.80. The van der Waals surface area contributed by atoms with E-state index in [2.05, 4.69) is 15.0 Å². The van der Waals surface area contributed by atoms with Crippen molar-refractivity contribution < 1.29 is 13.2 Å². The molecule has 0 saturated carbocycles. The molecular formula is C26H26N4O3S. The first kappa shape index (κ1) is 23.3. The Labute approximate surface area is 199 Å². The Morgan fingerprint density at radius 2 is 1.76 bits per heavy atom. The second-order valence-corrected chi connectivity index (χ2v) is 9.77. The fourth-order valence-corrected chi connectivity index (χ4v) is 5.08. The summed E-state index contributed by atoms with van der Waals surface area (Å²) in [5, 5.41) is 2.89. The maximum absolute atomic E-state index is 13.2. The molecule has 0 fully saturated rings. The van der Waals surface area contributed by atoms with Crippen LogP contribution in [-0.2, 0) is 16.6 Å². The van der Waals surface area contributed by atoms with Crippen LogP contribution in [0.4, 0.5) is 5.69 Å². The summed E-state index contributed by atoms with van der Waals surface area (Å²) in [6.07, 6.45) is 5.22. The predicted molar refractivity (Wildman–Crippen MR) is 133 cm³/mol. The van der Waals surface area contributed by atoms with Gasteiger partial charge in [-0.3, -0.25) is 9.52 Å². The number of hydrogen-bond donors (Lipinski definition) is 2. The standard InChI is InChI=1S/C26H26N4O3S/c1-18-7-6-9-23(20(18)3)29-34(32,33)25-15-21(12-11-19(25)2)26(31)28-16-22-8-4-5-10-24(22)30-14-13-27-17-30/h4-15,17,29H,16H2,1-3H3,(H,28,31). The number of nitrogens with zero attached hydrogens (tertiary/aromatic N) is 2. The highest BCUT2D eigenvalue weighted by atomic mass is 32.2. The lowest BCUT2D eigenvalue weighted by atomic mass is 10.1. The van der Waals surface area contributed by atoms with Crippen LogP contribution >= 0.6 is 0 Å². The second-order valence-electron chi connectivity index (χ2n) is 8.11. The van der Waals surface area contributed by atoms with Gasteiger partial charge in [0.1, 0.15) is 0 Å². The first-order chi connectivity index (χ1) is 16.3. The molecule has 7 nitrogen and oxygen atoms in total. The number of aromatic nitrogens is 2. The fourth-order valence-electron chi connectivity index (χ4n) is 3.68. The van der Waals surface area contributed by atoms with Crippen LogP contribution in [0.1, 0.15) is 32.6 Å². The molecule has 8 heteroatoms. The normalized spacial score (nSPS) is 11.3. The summed E-state index contributed by atoms with van der Waals surface area (Å²) in [7, 11) is -3.88. The maximum atomic E-state index is 13.2. The molecule has 1 aromatic heterocycles. The number of imidazole rings is 1. The molecule has 1 heterocycles. The number of anilines is 1. The summed E-state index contributed by atoms with van der Waals surface area (Å²) in [6, 6.07) is 17.8. The number of nitrogens with one attached hydrogen (secondary N) is 2. The zero-order valence-corrected chi connectivity index (χ0v) is 20.1. The molecule has 0 aliphatic heterocycles. The summed E-state index contributed by atoms with van der Waals surface area (Å²) in [6.45, 7) is 5.78. The molecule has 0 aliphatic rings. The zero-order chi connectivity index (χ0) is 24.3. The molecule has 34 heavy (non-hydrogen) atoms. The van der Waals surface area contributed by atoms with Gasteiger partial charge in [-0.25, -0.2) is 13.4 Å². The van der Waals surface area contributed by atoms with Crippen LogP contribution in [0.5, 0.6) is 0 Å². The molecule has 2 N–H and O–H groups in total. The van der Waals surface area contributed by atoms with Crippen LogP contribution in [0.15, 0.2) is 84.3 Å². The van der Waals surface area contributed by atoms with Gasteiger partial charge in [0, 0.05) is 24.5 Å². The van der Waals surface area contributed by atoms with Crippen LogP contribution in [0.25, 0.3) is 5.69 Å². The van der Waals surface area contributed by atoms with Gasteiger partial charge in [-0.2, -0.15) is 0 Å². The highest BCUT2D eigenvalue weighted by Crippen LogP contribution is 2.24. The number of carbonyl (C=O) groups is 1. The molecule has 0 atom stereocenters. The summed E-state index contributed by atoms with van der Waals surface area (Å²) < 4.78 is 30.9. The van der Waals surface area contributed by atoms with Gasteiger partial charge in [-0.15, -0.1) is 0 Å². The van der Waals surface area contributed by atoms with Gasteiger partial charge in [-0.1, -0.05) is 36.4 Å². The SMILES string of the molecule is Cc1ccc(C(=O)NCc2ccccc2-n2ccnc2)cc1S(=O)(=O)Nc1cccc(C)c1C. The lowest BCUT2D eigenvalue weighted by molar-refractivity contribution is 0.0950. The van der Waals surface area contributed by atoms with Crippen molar-refractivity contribution in [1.29, 1.82) is 0 Å². The van der Waals surface area contributed by atoms with E-state index >= 15 is 0 Å². The van der Waals surface area contributed by atoms with Crippen LogP contribution < -0.4 is 10.0 Å². The molecule has 1 amide bonds. The first-order valence-corrected chi connectivity index (χ1v) is 12.3. The maximum Gasteiger partial charge on any atom is 0.262 e. The van der Waals surface area contributed by atoms with E-state index < -0.39 is 10.0 Å². The van der Waals surface area contributed by atoms with Crippen LogP contribution in [0.3, 0.4) is 0 Å². The Bertz CT molecular complexity index is 1440. The molecule has 0 spiro atoms. The molecule has 3 aromatic carbocycles. The van der Waals surface area contributed by atoms with Gasteiger partial charge < -0.3 is 9.88 Å².